The molecule has 0 radical (unpaired) electrons. The lowest BCUT2D eigenvalue weighted by molar-refractivity contribution is 0.0699. The molecule has 164 valence electrons. The molecule has 1 N–H and O–H groups in total. The van der Waals surface area contributed by atoms with Crippen LogP contribution >= 0.6 is 11.3 Å². The van der Waals surface area contributed by atoms with Crippen molar-refractivity contribution in [2.24, 2.45) is 0 Å². The minimum atomic E-state index is -1.11. The highest BCUT2D eigenvalue weighted by molar-refractivity contribution is 7.17. The number of thiophene rings is 1. The van der Waals surface area contributed by atoms with E-state index in [-0.39, 0.29) is 16.5 Å². The van der Waals surface area contributed by atoms with Crippen molar-refractivity contribution in [3.8, 4) is 17.1 Å². The van der Waals surface area contributed by atoms with Gasteiger partial charge in [-0.15, -0.1) is 11.3 Å². The fourth-order valence-electron chi connectivity index (χ4n) is 3.58. The number of unbranched alkanes of at least 4 members (excludes halogenated alkanes) is 1. The molecule has 0 aliphatic heterocycles. The van der Waals surface area contributed by atoms with E-state index < -0.39 is 5.97 Å². The Kier molecular flexibility index (Phi) is 6.37. The summed E-state index contributed by atoms with van der Waals surface area (Å²) in [6, 6.07) is 15.7. The zero-order chi connectivity index (χ0) is 22.7. The standard InChI is InChI=1S/C25H24N2O4S/c1-16-8-10-18(11-9-16)22-26-23-21(20(15-32-23)25(29)30)24(28)27(22)12-3-4-13-31-19-7-5-6-17(2)14-19/h5-11,14-15H,3-4,12-13H2,1-2H3,(H,29,30). The molecule has 0 amide bonds. The molecule has 0 unspecified atom stereocenters. The van der Waals surface area contributed by atoms with E-state index >= 15 is 0 Å². The second-order valence-electron chi connectivity index (χ2n) is 7.76. The van der Waals surface area contributed by atoms with Gasteiger partial charge in [-0.1, -0.05) is 42.0 Å². The molecule has 0 saturated carbocycles. The first-order chi connectivity index (χ1) is 15.4. The molecule has 0 aliphatic rings. The van der Waals surface area contributed by atoms with E-state index in [1.165, 1.54) is 16.7 Å². The van der Waals surface area contributed by atoms with Crippen LogP contribution in [0.25, 0.3) is 21.6 Å². The summed E-state index contributed by atoms with van der Waals surface area (Å²) in [6.45, 7) is 4.98. The molecule has 4 rings (SSSR count). The Morgan fingerprint density at radius 2 is 1.88 bits per heavy atom. The SMILES string of the molecule is Cc1ccc(-c2nc3scc(C(=O)O)c3c(=O)n2CCCCOc2cccc(C)c2)cc1. The second kappa shape index (κ2) is 9.36. The molecule has 6 nitrogen and oxygen atoms in total. The summed E-state index contributed by atoms with van der Waals surface area (Å²) < 4.78 is 7.41. The van der Waals surface area contributed by atoms with Crippen molar-refractivity contribution in [3.63, 3.8) is 0 Å². The number of carboxylic acids is 1. The quantitative estimate of drug-likeness (QED) is 0.370. The smallest absolute Gasteiger partial charge is 0.337 e. The van der Waals surface area contributed by atoms with E-state index in [0.29, 0.717) is 30.2 Å². The molecule has 2 aromatic carbocycles. The third-order valence-electron chi connectivity index (χ3n) is 5.27. The molecule has 2 aromatic heterocycles. The highest BCUT2D eigenvalue weighted by atomic mass is 32.1. The molecule has 0 spiro atoms. The number of rotatable bonds is 8. The topological polar surface area (TPSA) is 81.4 Å². The van der Waals surface area contributed by atoms with Gasteiger partial charge in [0.1, 0.15) is 16.4 Å². The lowest BCUT2D eigenvalue weighted by Crippen LogP contribution is -2.24. The molecular formula is C25H24N2O4S. The van der Waals surface area contributed by atoms with Crippen LogP contribution in [0.1, 0.15) is 34.3 Å². The molecule has 0 saturated heterocycles. The van der Waals surface area contributed by atoms with Gasteiger partial charge in [-0.25, -0.2) is 9.78 Å². The lowest BCUT2D eigenvalue weighted by Gasteiger charge is -2.13. The van der Waals surface area contributed by atoms with E-state index in [1.807, 2.05) is 62.4 Å². The van der Waals surface area contributed by atoms with Gasteiger partial charge in [0.25, 0.3) is 5.56 Å². The number of aryl methyl sites for hydroxylation is 2. The van der Waals surface area contributed by atoms with Gasteiger partial charge in [0.2, 0.25) is 0 Å². The first kappa shape index (κ1) is 21.8. The summed E-state index contributed by atoms with van der Waals surface area (Å²) in [5.74, 6) is 0.271. The number of fused-ring (bicyclic) bond motifs is 1. The normalized spacial score (nSPS) is 11.1. The largest absolute Gasteiger partial charge is 0.494 e. The van der Waals surface area contributed by atoms with Crippen LogP contribution in [-0.4, -0.2) is 27.2 Å². The predicted molar refractivity (Wildman–Crippen MR) is 127 cm³/mol. The summed E-state index contributed by atoms with van der Waals surface area (Å²) in [7, 11) is 0. The summed E-state index contributed by atoms with van der Waals surface area (Å²) in [6.07, 6.45) is 1.45. The zero-order valence-electron chi connectivity index (χ0n) is 18.0. The van der Waals surface area contributed by atoms with Gasteiger partial charge >= 0.3 is 5.97 Å². The van der Waals surface area contributed by atoms with Crippen molar-refractivity contribution < 1.29 is 14.6 Å². The van der Waals surface area contributed by atoms with Gasteiger partial charge in [0.15, 0.2) is 0 Å². The van der Waals surface area contributed by atoms with Crippen LogP contribution in [0.4, 0.5) is 0 Å². The monoisotopic (exact) mass is 448 g/mol. The summed E-state index contributed by atoms with van der Waals surface area (Å²) in [4.78, 5) is 30.1. The Hall–Kier alpha value is -3.45. The van der Waals surface area contributed by atoms with E-state index in [9.17, 15) is 14.7 Å². The van der Waals surface area contributed by atoms with Crippen LogP contribution in [0.15, 0.2) is 58.7 Å². The summed E-state index contributed by atoms with van der Waals surface area (Å²) in [5, 5.41) is 11.2. The maximum absolute atomic E-state index is 13.3. The van der Waals surface area contributed by atoms with Crippen LogP contribution in [0.5, 0.6) is 5.75 Å². The Labute approximate surface area is 189 Å². The van der Waals surface area contributed by atoms with Gasteiger partial charge in [-0.3, -0.25) is 9.36 Å². The fourth-order valence-corrected chi connectivity index (χ4v) is 4.48. The molecule has 0 atom stereocenters. The van der Waals surface area contributed by atoms with E-state index in [4.69, 9.17) is 4.74 Å². The number of hydrogen-bond acceptors (Lipinski definition) is 5. The van der Waals surface area contributed by atoms with Crippen LogP contribution in [-0.2, 0) is 6.54 Å². The number of ether oxygens (including phenoxy) is 1. The molecule has 32 heavy (non-hydrogen) atoms. The van der Waals surface area contributed by atoms with Crippen molar-refractivity contribution in [1.29, 1.82) is 0 Å². The number of aromatic nitrogens is 2. The Balaban J connectivity index is 1.60. The number of carboxylic acid groups (broad SMARTS) is 1. The van der Waals surface area contributed by atoms with Crippen LogP contribution in [0, 0.1) is 13.8 Å². The van der Waals surface area contributed by atoms with E-state index in [1.54, 1.807) is 4.57 Å². The lowest BCUT2D eigenvalue weighted by atomic mass is 10.1. The first-order valence-corrected chi connectivity index (χ1v) is 11.3. The predicted octanol–water partition coefficient (Wildman–Crippen LogP) is 5.30. The molecule has 0 fully saturated rings. The Morgan fingerprint density at radius 3 is 2.59 bits per heavy atom. The van der Waals surface area contributed by atoms with Crippen molar-refractivity contribution >= 4 is 27.5 Å². The van der Waals surface area contributed by atoms with Gasteiger partial charge in [0, 0.05) is 17.5 Å². The second-order valence-corrected chi connectivity index (χ2v) is 8.62. The van der Waals surface area contributed by atoms with Crippen molar-refractivity contribution in [2.75, 3.05) is 6.61 Å². The van der Waals surface area contributed by atoms with Gasteiger partial charge in [-0.2, -0.15) is 0 Å². The maximum atomic E-state index is 13.3. The van der Waals surface area contributed by atoms with Crippen molar-refractivity contribution in [1.82, 2.24) is 9.55 Å². The number of hydrogen-bond donors (Lipinski definition) is 1. The Bertz CT molecular complexity index is 1320. The molecule has 2 heterocycles. The zero-order valence-corrected chi connectivity index (χ0v) is 18.8. The van der Waals surface area contributed by atoms with Crippen LogP contribution in [0.3, 0.4) is 0 Å². The Morgan fingerprint density at radius 1 is 1.09 bits per heavy atom. The summed E-state index contributed by atoms with van der Waals surface area (Å²) in [5.41, 5.74) is 2.77. The van der Waals surface area contributed by atoms with Crippen molar-refractivity contribution in [2.45, 2.75) is 33.2 Å². The van der Waals surface area contributed by atoms with E-state index in [2.05, 4.69) is 4.98 Å². The number of nitrogens with zero attached hydrogens (tertiary/aromatic N) is 2. The fraction of sp³-hybridized carbons (Fsp3) is 0.240. The number of benzene rings is 2. The average Bonchev–Trinajstić information content (AvgIpc) is 3.20. The van der Waals surface area contributed by atoms with Gasteiger partial charge in [0.05, 0.1) is 17.6 Å². The van der Waals surface area contributed by atoms with Crippen LogP contribution < -0.4 is 10.3 Å². The average molecular weight is 449 g/mol. The number of aromatic carboxylic acids is 1. The first-order valence-electron chi connectivity index (χ1n) is 10.5. The highest BCUT2D eigenvalue weighted by Crippen LogP contribution is 2.26. The molecular weight excluding hydrogens is 424 g/mol. The minimum Gasteiger partial charge on any atom is -0.494 e. The van der Waals surface area contributed by atoms with Crippen molar-refractivity contribution in [3.05, 3.63) is 81.0 Å². The maximum Gasteiger partial charge on any atom is 0.337 e. The third-order valence-corrected chi connectivity index (χ3v) is 6.14. The van der Waals surface area contributed by atoms with Crippen LogP contribution in [0.2, 0.25) is 0 Å². The minimum absolute atomic E-state index is 0.00878. The van der Waals surface area contributed by atoms with Gasteiger partial charge in [-0.05, 0) is 44.4 Å². The van der Waals surface area contributed by atoms with Gasteiger partial charge < -0.3 is 9.84 Å². The van der Waals surface area contributed by atoms with E-state index in [0.717, 1.165) is 28.9 Å². The third kappa shape index (κ3) is 4.57. The summed E-state index contributed by atoms with van der Waals surface area (Å²) >= 11 is 1.18. The number of carbonyl (C=O) groups is 1. The molecule has 0 aliphatic carbocycles. The molecule has 0 bridgehead atoms. The molecule has 7 heteroatoms. The molecule has 4 aromatic rings. The highest BCUT2D eigenvalue weighted by Gasteiger charge is 2.20.